The predicted molar refractivity (Wildman–Crippen MR) is 87.8 cm³/mol. The normalized spacial score (nSPS) is 27.2. The monoisotopic (exact) mass is 288 g/mol. The molecule has 3 heteroatoms. The molecule has 1 aromatic carbocycles. The molecular weight excluding hydrogens is 260 g/mol. The lowest BCUT2D eigenvalue weighted by Gasteiger charge is -2.45. The zero-order valence-electron chi connectivity index (χ0n) is 13.1. The standard InChI is InChI=1S/C18H28N2O/c1-2-15(19)13-14-7-9-16(10-8-14)20-11-12-21-18-6-4-3-5-17(18)20/h7-10,15,17-18H,2-6,11-13,19H2,1H3. The average molecular weight is 288 g/mol. The highest BCUT2D eigenvalue weighted by molar-refractivity contribution is 5.49. The summed E-state index contributed by atoms with van der Waals surface area (Å²) in [6, 6.07) is 9.90. The Morgan fingerprint density at radius 3 is 2.76 bits per heavy atom. The topological polar surface area (TPSA) is 38.5 Å². The van der Waals surface area contributed by atoms with Gasteiger partial charge in [0.2, 0.25) is 0 Å². The quantitative estimate of drug-likeness (QED) is 0.925. The van der Waals surface area contributed by atoms with Gasteiger partial charge in [0.05, 0.1) is 18.8 Å². The molecule has 0 spiro atoms. The van der Waals surface area contributed by atoms with Gasteiger partial charge in [-0.25, -0.2) is 0 Å². The molecule has 1 saturated heterocycles. The fourth-order valence-corrected chi connectivity index (χ4v) is 3.69. The molecule has 3 atom stereocenters. The number of ether oxygens (including phenoxy) is 1. The van der Waals surface area contributed by atoms with E-state index in [1.54, 1.807) is 0 Å². The summed E-state index contributed by atoms with van der Waals surface area (Å²) in [6.45, 7) is 4.04. The molecule has 2 aliphatic rings. The molecule has 0 aromatic heterocycles. The van der Waals surface area contributed by atoms with Crippen molar-refractivity contribution in [3.8, 4) is 0 Å². The van der Waals surface area contributed by atoms with Gasteiger partial charge in [-0.1, -0.05) is 31.9 Å². The van der Waals surface area contributed by atoms with Gasteiger partial charge >= 0.3 is 0 Å². The van der Waals surface area contributed by atoms with Crippen LogP contribution in [0.3, 0.4) is 0 Å². The Balaban J connectivity index is 1.70. The highest BCUT2D eigenvalue weighted by Gasteiger charge is 2.34. The molecule has 0 bridgehead atoms. The first-order valence-electron chi connectivity index (χ1n) is 8.50. The van der Waals surface area contributed by atoms with Gasteiger partial charge in [0.25, 0.3) is 0 Å². The van der Waals surface area contributed by atoms with Crippen molar-refractivity contribution in [1.29, 1.82) is 0 Å². The third-order valence-electron chi connectivity index (χ3n) is 5.02. The van der Waals surface area contributed by atoms with Crippen molar-refractivity contribution in [2.45, 2.75) is 63.6 Å². The Morgan fingerprint density at radius 1 is 1.24 bits per heavy atom. The molecular formula is C18H28N2O. The van der Waals surface area contributed by atoms with Crippen LogP contribution >= 0.6 is 0 Å². The van der Waals surface area contributed by atoms with Crippen LogP contribution in [0.5, 0.6) is 0 Å². The van der Waals surface area contributed by atoms with E-state index < -0.39 is 0 Å². The second-order valence-electron chi connectivity index (χ2n) is 6.49. The maximum atomic E-state index is 6.05. The molecule has 1 saturated carbocycles. The smallest absolute Gasteiger partial charge is 0.0779 e. The summed E-state index contributed by atoms with van der Waals surface area (Å²) in [5, 5.41) is 0. The predicted octanol–water partition coefficient (Wildman–Crippen LogP) is 3.11. The van der Waals surface area contributed by atoms with Crippen molar-refractivity contribution in [3.63, 3.8) is 0 Å². The average Bonchev–Trinajstić information content (AvgIpc) is 2.55. The number of rotatable bonds is 4. The summed E-state index contributed by atoms with van der Waals surface area (Å²) in [5.41, 5.74) is 8.75. The Bertz CT molecular complexity index is 443. The summed E-state index contributed by atoms with van der Waals surface area (Å²) >= 11 is 0. The first-order valence-corrected chi connectivity index (χ1v) is 8.50. The number of anilines is 1. The Morgan fingerprint density at radius 2 is 2.00 bits per heavy atom. The van der Waals surface area contributed by atoms with Crippen molar-refractivity contribution in [2.24, 2.45) is 5.73 Å². The number of benzene rings is 1. The summed E-state index contributed by atoms with van der Waals surface area (Å²) in [7, 11) is 0. The third-order valence-corrected chi connectivity index (χ3v) is 5.02. The molecule has 1 aromatic rings. The Labute approximate surface area is 128 Å². The van der Waals surface area contributed by atoms with E-state index in [2.05, 4.69) is 36.1 Å². The molecule has 1 aliphatic carbocycles. The van der Waals surface area contributed by atoms with Crippen LogP contribution in [0.15, 0.2) is 24.3 Å². The molecule has 3 nitrogen and oxygen atoms in total. The van der Waals surface area contributed by atoms with E-state index in [1.807, 2.05) is 0 Å². The molecule has 2 N–H and O–H groups in total. The molecule has 1 heterocycles. The maximum absolute atomic E-state index is 6.05. The van der Waals surface area contributed by atoms with Gasteiger partial charge in [-0.15, -0.1) is 0 Å². The zero-order chi connectivity index (χ0) is 14.7. The van der Waals surface area contributed by atoms with Crippen molar-refractivity contribution in [1.82, 2.24) is 0 Å². The van der Waals surface area contributed by atoms with Crippen LogP contribution in [0.1, 0.15) is 44.6 Å². The van der Waals surface area contributed by atoms with Gasteiger partial charge in [0.1, 0.15) is 0 Å². The van der Waals surface area contributed by atoms with Crippen molar-refractivity contribution < 1.29 is 4.74 Å². The number of hydrogen-bond donors (Lipinski definition) is 1. The van der Waals surface area contributed by atoms with E-state index in [0.29, 0.717) is 12.1 Å². The van der Waals surface area contributed by atoms with Crippen LogP contribution in [0.25, 0.3) is 0 Å². The molecule has 3 unspecified atom stereocenters. The number of hydrogen-bond acceptors (Lipinski definition) is 3. The van der Waals surface area contributed by atoms with Crippen molar-refractivity contribution >= 4 is 5.69 Å². The Kier molecular flexibility index (Phi) is 4.81. The summed E-state index contributed by atoms with van der Waals surface area (Å²) in [4.78, 5) is 2.57. The van der Waals surface area contributed by atoms with Crippen LogP contribution in [-0.2, 0) is 11.2 Å². The highest BCUT2D eigenvalue weighted by Crippen LogP contribution is 2.32. The van der Waals surface area contributed by atoms with Crippen LogP contribution in [0.2, 0.25) is 0 Å². The summed E-state index contributed by atoms with van der Waals surface area (Å²) < 4.78 is 5.97. The van der Waals surface area contributed by atoms with Gasteiger partial charge in [0.15, 0.2) is 0 Å². The first kappa shape index (κ1) is 14.9. The van der Waals surface area contributed by atoms with E-state index in [4.69, 9.17) is 10.5 Å². The van der Waals surface area contributed by atoms with Gasteiger partial charge in [-0.3, -0.25) is 0 Å². The van der Waals surface area contributed by atoms with E-state index in [-0.39, 0.29) is 6.04 Å². The largest absolute Gasteiger partial charge is 0.374 e. The highest BCUT2D eigenvalue weighted by atomic mass is 16.5. The molecule has 21 heavy (non-hydrogen) atoms. The lowest BCUT2D eigenvalue weighted by atomic mass is 9.89. The number of nitrogens with zero attached hydrogens (tertiary/aromatic N) is 1. The van der Waals surface area contributed by atoms with E-state index in [0.717, 1.165) is 26.0 Å². The second kappa shape index (κ2) is 6.80. The molecule has 0 amide bonds. The lowest BCUT2D eigenvalue weighted by molar-refractivity contribution is -0.00867. The third kappa shape index (κ3) is 3.41. The van der Waals surface area contributed by atoms with Gasteiger partial charge in [-0.05, 0) is 43.4 Å². The van der Waals surface area contributed by atoms with E-state index in [9.17, 15) is 0 Å². The minimum absolute atomic E-state index is 0.280. The SMILES string of the molecule is CCC(N)Cc1ccc(N2CCOC3CCCCC32)cc1. The van der Waals surface area contributed by atoms with Gasteiger partial charge in [-0.2, -0.15) is 0 Å². The van der Waals surface area contributed by atoms with Crippen LogP contribution in [-0.4, -0.2) is 31.3 Å². The lowest BCUT2D eigenvalue weighted by Crippen LogP contribution is -2.52. The second-order valence-corrected chi connectivity index (χ2v) is 6.49. The molecule has 116 valence electrons. The molecule has 2 fully saturated rings. The molecule has 3 rings (SSSR count). The zero-order valence-corrected chi connectivity index (χ0v) is 13.1. The van der Waals surface area contributed by atoms with Gasteiger partial charge < -0.3 is 15.4 Å². The minimum atomic E-state index is 0.280. The van der Waals surface area contributed by atoms with Gasteiger partial charge in [0, 0.05) is 18.3 Å². The number of nitrogens with two attached hydrogens (primary N) is 1. The number of fused-ring (bicyclic) bond motifs is 1. The number of morpholine rings is 1. The first-order chi connectivity index (χ1) is 10.3. The van der Waals surface area contributed by atoms with E-state index in [1.165, 1.54) is 36.9 Å². The molecule has 0 radical (unpaired) electrons. The Hall–Kier alpha value is -1.06. The fourth-order valence-electron chi connectivity index (χ4n) is 3.69. The van der Waals surface area contributed by atoms with E-state index >= 15 is 0 Å². The minimum Gasteiger partial charge on any atom is -0.374 e. The van der Waals surface area contributed by atoms with Crippen molar-refractivity contribution in [2.75, 3.05) is 18.1 Å². The maximum Gasteiger partial charge on any atom is 0.0779 e. The van der Waals surface area contributed by atoms with Crippen LogP contribution in [0, 0.1) is 0 Å². The van der Waals surface area contributed by atoms with Crippen LogP contribution in [0.4, 0.5) is 5.69 Å². The van der Waals surface area contributed by atoms with Crippen molar-refractivity contribution in [3.05, 3.63) is 29.8 Å². The molecule has 1 aliphatic heterocycles. The summed E-state index contributed by atoms with van der Waals surface area (Å²) in [5.74, 6) is 0. The van der Waals surface area contributed by atoms with Crippen LogP contribution < -0.4 is 10.6 Å². The fraction of sp³-hybridized carbons (Fsp3) is 0.667. The summed E-state index contributed by atoms with van der Waals surface area (Å²) in [6.07, 6.45) is 7.62.